The standard InChI is InChI=1S/C12H11N5OS.Li/c13-11-15-9-8(10(18)17-11)14-12(16-9)19-6-7-4-2-1-3-5-7;/h1-5H,6H2,(H4,13,14,15,16,17,18);/q;+1/p-1. The predicted octanol–water partition coefficient (Wildman–Crippen LogP) is -0.374. The zero-order valence-corrected chi connectivity index (χ0v) is 11.6. The molecule has 0 bridgehead atoms. The Balaban J connectivity index is 0.00000147. The summed E-state index contributed by atoms with van der Waals surface area (Å²) in [6.45, 7) is 0. The van der Waals surface area contributed by atoms with Crippen LogP contribution in [0.5, 0.6) is 0 Å². The molecular formula is C12H10LiN5OS. The molecule has 0 amide bonds. The molecule has 8 heteroatoms. The minimum Gasteiger partial charge on any atom is -0.411 e. The van der Waals surface area contributed by atoms with E-state index in [2.05, 4.69) is 19.9 Å². The number of hydrogen-bond donors (Lipinski definition) is 2. The molecule has 0 spiro atoms. The Labute approximate surface area is 130 Å². The molecular weight excluding hydrogens is 269 g/mol. The van der Waals surface area contributed by atoms with Crippen molar-refractivity contribution < 1.29 is 18.9 Å². The number of aromatic nitrogens is 4. The van der Waals surface area contributed by atoms with Crippen LogP contribution in [0.4, 0.5) is 5.95 Å². The van der Waals surface area contributed by atoms with E-state index in [1.165, 1.54) is 17.3 Å². The summed E-state index contributed by atoms with van der Waals surface area (Å²) in [6, 6.07) is 9.99. The Morgan fingerprint density at radius 2 is 1.90 bits per heavy atom. The Kier molecular flexibility index (Phi) is 4.55. The van der Waals surface area contributed by atoms with E-state index in [0.717, 1.165) is 5.75 Å². The first-order valence-corrected chi connectivity index (χ1v) is 6.59. The molecule has 0 saturated carbocycles. The number of thioether (sulfide) groups is 1. The normalized spacial score (nSPS) is 10.4. The van der Waals surface area contributed by atoms with Crippen LogP contribution in [-0.4, -0.2) is 19.9 Å². The third-order valence-corrected chi connectivity index (χ3v) is 3.50. The minimum atomic E-state index is -0.367. The number of nitrogens with zero attached hydrogens (tertiary/aromatic N) is 2. The summed E-state index contributed by atoms with van der Waals surface area (Å²) >= 11 is 1.49. The molecule has 6 nitrogen and oxygen atoms in total. The third-order valence-electron chi connectivity index (χ3n) is 2.56. The number of fused-ring (bicyclic) bond motifs is 1. The van der Waals surface area contributed by atoms with Crippen molar-refractivity contribution in [3.63, 3.8) is 0 Å². The Morgan fingerprint density at radius 1 is 1.15 bits per heavy atom. The average molecular weight is 279 g/mol. The van der Waals surface area contributed by atoms with Crippen molar-refractivity contribution in [2.24, 2.45) is 0 Å². The van der Waals surface area contributed by atoms with Crippen LogP contribution in [0.3, 0.4) is 0 Å². The molecule has 0 aliphatic carbocycles. The molecule has 0 atom stereocenters. The van der Waals surface area contributed by atoms with E-state index in [1.807, 2.05) is 30.3 Å². The van der Waals surface area contributed by atoms with Crippen molar-refractivity contribution in [1.29, 1.82) is 0 Å². The van der Waals surface area contributed by atoms with Crippen LogP contribution in [-0.2, 0) is 5.75 Å². The molecule has 96 valence electrons. The first kappa shape index (κ1) is 14.7. The maximum atomic E-state index is 11.6. The van der Waals surface area contributed by atoms with E-state index in [-0.39, 0.29) is 36.0 Å². The fraction of sp³-hybridized carbons (Fsp3) is 0.0833. The van der Waals surface area contributed by atoms with Crippen molar-refractivity contribution in [2.75, 3.05) is 0 Å². The Hall–Kier alpha value is -1.68. The molecule has 0 radical (unpaired) electrons. The van der Waals surface area contributed by atoms with Gasteiger partial charge in [0.2, 0.25) is 5.56 Å². The van der Waals surface area contributed by atoms with Crippen LogP contribution in [0, 0.1) is 0 Å². The van der Waals surface area contributed by atoms with Gasteiger partial charge in [0.05, 0.1) is 0 Å². The first-order valence-electron chi connectivity index (χ1n) is 5.61. The van der Waals surface area contributed by atoms with Gasteiger partial charge in [-0.2, -0.15) is 0 Å². The number of aromatic amines is 2. The van der Waals surface area contributed by atoms with Gasteiger partial charge in [0.15, 0.2) is 5.16 Å². The van der Waals surface area contributed by atoms with Crippen LogP contribution in [0.25, 0.3) is 16.9 Å². The minimum absolute atomic E-state index is 0. The van der Waals surface area contributed by atoms with E-state index in [9.17, 15) is 4.79 Å². The molecule has 0 saturated heterocycles. The molecule has 0 aliphatic rings. The molecule has 2 heterocycles. The third kappa shape index (κ3) is 3.07. The summed E-state index contributed by atoms with van der Waals surface area (Å²) in [5, 5.41) is 0.627. The summed E-state index contributed by atoms with van der Waals surface area (Å²) in [5.41, 5.74) is 8.74. The number of H-pyrrole nitrogens is 2. The smallest absolute Gasteiger partial charge is 0.411 e. The van der Waals surface area contributed by atoms with Crippen molar-refractivity contribution >= 4 is 28.9 Å². The summed E-state index contributed by atoms with van der Waals surface area (Å²) in [5.74, 6) is 0.579. The van der Waals surface area contributed by atoms with Crippen LogP contribution in [0.15, 0.2) is 40.3 Å². The maximum Gasteiger partial charge on any atom is 1.00 e. The summed E-state index contributed by atoms with van der Waals surface area (Å²) in [4.78, 5) is 24.9. The maximum absolute atomic E-state index is 11.6. The number of nitrogens with one attached hydrogen (secondary N) is 3. The Bertz CT molecular complexity index is 770. The molecule has 2 aromatic heterocycles. The van der Waals surface area contributed by atoms with Gasteiger partial charge in [0.1, 0.15) is 11.2 Å². The van der Waals surface area contributed by atoms with E-state index in [1.54, 1.807) is 0 Å². The van der Waals surface area contributed by atoms with Gasteiger partial charge in [0, 0.05) is 11.7 Å². The van der Waals surface area contributed by atoms with Crippen molar-refractivity contribution in [2.45, 2.75) is 10.9 Å². The van der Waals surface area contributed by atoms with Gasteiger partial charge < -0.3 is 20.7 Å². The number of hydrogen-bond acceptors (Lipinski definition) is 4. The average Bonchev–Trinajstić information content (AvgIpc) is 2.81. The van der Waals surface area contributed by atoms with Crippen molar-refractivity contribution in [3.8, 4) is 0 Å². The Morgan fingerprint density at radius 3 is 2.65 bits per heavy atom. The largest absolute Gasteiger partial charge is 1.00 e. The second-order valence-corrected chi connectivity index (χ2v) is 4.89. The van der Waals surface area contributed by atoms with Gasteiger partial charge in [-0.25, -0.2) is 4.98 Å². The topological polar surface area (TPSA) is 98.2 Å². The summed E-state index contributed by atoms with van der Waals surface area (Å²) in [6.07, 6.45) is 0. The first-order chi connectivity index (χ1) is 9.22. The molecule has 0 aliphatic heterocycles. The zero-order valence-electron chi connectivity index (χ0n) is 10.8. The quantitative estimate of drug-likeness (QED) is 0.504. The van der Waals surface area contributed by atoms with Crippen LogP contribution in [0.2, 0.25) is 0 Å². The van der Waals surface area contributed by atoms with Gasteiger partial charge >= 0.3 is 18.9 Å². The van der Waals surface area contributed by atoms with Crippen LogP contribution >= 0.6 is 11.8 Å². The zero-order chi connectivity index (χ0) is 13.2. The van der Waals surface area contributed by atoms with Crippen LogP contribution in [0.1, 0.15) is 5.56 Å². The van der Waals surface area contributed by atoms with Crippen LogP contribution < -0.4 is 24.4 Å². The van der Waals surface area contributed by atoms with E-state index >= 15 is 0 Å². The molecule has 3 N–H and O–H groups in total. The SMILES string of the molecule is [Li+].[NH-]c1nc2nc(SCc3ccccc3)[nH]c2c(=O)[nH]1. The summed E-state index contributed by atoms with van der Waals surface area (Å²) < 4.78 is 0. The van der Waals surface area contributed by atoms with Gasteiger partial charge in [-0.3, -0.25) is 4.79 Å². The van der Waals surface area contributed by atoms with Gasteiger partial charge in [-0.15, -0.1) is 0 Å². The van der Waals surface area contributed by atoms with Crippen molar-refractivity contribution in [3.05, 3.63) is 52.0 Å². The molecule has 3 aromatic rings. The monoisotopic (exact) mass is 279 g/mol. The fourth-order valence-corrected chi connectivity index (χ4v) is 2.50. The number of rotatable bonds is 3. The van der Waals surface area contributed by atoms with Gasteiger partial charge in [-0.1, -0.05) is 42.1 Å². The molecule has 0 fully saturated rings. The molecule has 20 heavy (non-hydrogen) atoms. The molecule has 3 rings (SSSR count). The second-order valence-electron chi connectivity index (χ2n) is 3.93. The van der Waals surface area contributed by atoms with E-state index in [4.69, 9.17) is 5.73 Å². The van der Waals surface area contributed by atoms with Gasteiger partial charge in [-0.05, 0) is 5.56 Å². The molecule has 1 aromatic carbocycles. The van der Waals surface area contributed by atoms with E-state index in [0.29, 0.717) is 10.7 Å². The summed E-state index contributed by atoms with van der Waals surface area (Å²) in [7, 11) is 0. The molecule has 0 unspecified atom stereocenters. The van der Waals surface area contributed by atoms with Crippen molar-refractivity contribution in [1.82, 2.24) is 19.9 Å². The second kappa shape index (κ2) is 6.18. The fourth-order valence-electron chi connectivity index (χ4n) is 1.68. The number of benzene rings is 1. The van der Waals surface area contributed by atoms with Gasteiger partial charge in [0.25, 0.3) is 0 Å². The predicted molar refractivity (Wildman–Crippen MR) is 74.5 cm³/mol. The number of imidazole rings is 1. The van der Waals surface area contributed by atoms with E-state index < -0.39 is 0 Å².